The van der Waals surface area contributed by atoms with Crippen LogP contribution >= 0.6 is 0 Å². The zero-order chi connectivity index (χ0) is 21.8. The lowest BCUT2D eigenvalue weighted by molar-refractivity contribution is 0.164. The number of hydrogen-bond donors (Lipinski definition) is 1. The second-order valence-electron chi connectivity index (χ2n) is 10.4. The first-order valence-corrected chi connectivity index (χ1v) is 11.7. The predicted molar refractivity (Wildman–Crippen MR) is 126 cm³/mol. The molecule has 2 aliphatic heterocycles. The summed E-state index contributed by atoms with van der Waals surface area (Å²) in [5.41, 5.74) is 3.89. The summed E-state index contributed by atoms with van der Waals surface area (Å²) in [7, 11) is 0. The van der Waals surface area contributed by atoms with Gasteiger partial charge in [-0.2, -0.15) is 0 Å². The van der Waals surface area contributed by atoms with E-state index in [1.54, 1.807) is 6.20 Å². The van der Waals surface area contributed by atoms with E-state index < -0.39 is 0 Å². The highest BCUT2D eigenvalue weighted by Crippen LogP contribution is 2.30. The van der Waals surface area contributed by atoms with Crippen LogP contribution in [0, 0.1) is 5.41 Å². The van der Waals surface area contributed by atoms with Crippen molar-refractivity contribution < 1.29 is 4.79 Å². The lowest BCUT2D eigenvalue weighted by Gasteiger charge is -2.39. The van der Waals surface area contributed by atoms with Crippen LogP contribution in [0.1, 0.15) is 63.0 Å². The van der Waals surface area contributed by atoms with Crippen molar-refractivity contribution in [1.82, 2.24) is 14.8 Å². The molecule has 166 valence electrons. The molecular weight excluding hydrogens is 384 g/mol. The molecule has 0 bridgehead atoms. The van der Waals surface area contributed by atoms with Crippen LogP contribution in [-0.4, -0.2) is 53.5 Å². The third kappa shape index (κ3) is 5.85. The molecule has 5 nitrogen and oxygen atoms in total. The molecule has 1 aromatic carbocycles. The summed E-state index contributed by atoms with van der Waals surface area (Å²) in [6.45, 7) is 12.0. The lowest BCUT2D eigenvalue weighted by Crippen LogP contribution is -2.50. The van der Waals surface area contributed by atoms with Crippen molar-refractivity contribution in [2.75, 3.05) is 38.0 Å². The number of nitrogens with one attached hydrogen (secondary N) is 1. The average Bonchev–Trinajstić information content (AvgIpc) is 2.72. The van der Waals surface area contributed by atoms with Crippen LogP contribution in [0.4, 0.5) is 10.5 Å². The van der Waals surface area contributed by atoms with Crippen molar-refractivity contribution in [1.29, 1.82) is 0 Å². The number of carbonyl (C=O) groups excluding carboxylic acids is 1. The van der Waals surface area contributed by atoms with Crippen LogP contribution in [0.25, 0.3) is 0 Å². The number of likely N-dealkylation sites (tertiary alicyclic amines) is 2. The summed E-state index contributed by atoms with van der Waals surface area (Å²) in [6, 6.07) is 12.5. The van der Waals surface area contributed by atoms with Crippen LogP contribution in [0.3, 0.4) is 0 Å². The van der Waals surface area contributed by atoms with Gasteiger partial charge in [0.2, 0.25) is 0 Å². The van der Waals surface area contributed by atoms with E-state index in [1.807, 2.05) is 17.2 Å². The minimum absolute atomic E-state index is 0.0138. The molecule has 1 N–H and O–H groups in total. The van der Waals surface area contributed by atoms with Gasteiger partial charge in [-0.1, -0.05) is 39.0 Å². The molecule has 31 heavy (non-hydrogen) atoms. The summed E-state index contributed by atoms with van der Waals surface area (Å²) in [5.74, 6) is 1.03. The van der Waals surface area contributed by atoms with Gasteiger partial charge in [0.05, 0.1) is 0 Å². The van der Waals surface area contributed by atoms with Gasteiger partial charge in [-0.05, 0) is 79.6 Å². The Morgan fingerprint density at radius 3 is 2.35 bits per heavy atom. The number of pyridine rings is 1. The molecule has 2 saturated heterocycles. The SMILES string of the molecule is CC(C)(C)CCN1CCC(c2ccc(NC(=O)N3CC(c4cccnc4)C3)cc2)CC1. The van der Waals surface area contributed by atoms with Gasteiger partial charge < -0.3 is 15.1 Å². The maximum atomic E-state index is 12.5. The molecule has 0 unspecified atom stereocenters. The van der Waals surface area contributed by atoms with E-state index in [4.69, 9.17) is 0 Å². The Morgan fingerprint density at radius 1 is 1.03 bits per heavy atom. The van der Waals surface area contributed by atoms with Gasteiger partial charge in [0.15, 0.2) is 0 Å². The average molecular weight is 421 g/mol. The topological polar surface area (TPSA) is 48.5 Å². The van der Waals surface area contributed by atoms with E-state index in [2.05, 4.69) is 66.3 Å². The molecule has 5 heteroatoms. The van der Waals surface area contributed by atoms with Crippen LogP contribution in [-0.2, 0) is 0 Å². The Morgan fingerprint density at radius 2 is 1.74 bits per heavy atom. The zero-order valence-corrected chi connectivity index (χ0v) is 19.2. The number of benzene rings is 1. The van der Waals surface area contributed by atoms with Gasteiger partial charge in [-0.3, -0.25) is 4.98 Å². The third-order valence-corrected chi connectivity index (χ3v) is 6.72. The van der Waals surface area contributed by atoms with Crippen molar-refractivity contribution in [3.8, 4) is 0 Å². The van der Waals surface area contributed by atoms with Gasteiger partial charge in [0.25, 0.3) is 0 Å². The maximum Gasteiger partial charge on any atom is 0.321 e. The Hall–Kier alpha value is -2.40. The number of piperidine rings is 1. The highest BCUT2D eigenvalue weighted by Gasteiger charge is 2.31. The molecule has 2 aliphatic rings. The first kappa shape index (κ1) is 21.8. The standard InChI is InChI=1S/C26H36N4O/c1-26(2,3)12-16-29-14-10-21(11-15-29)20-6-8-24(9-7-20)28-25(31)30-18-23(19-30)22-5-4-13-27-17-22/h4-9,13,17,21,23H,10-12,14-16,18-19H2,1-3H3,(H,28,31). The molecule has 0 atom stereocenters. The van der Waals surface area contributed by atoms with Crippen molar-refractivity contribution in [3.05, 3.63) is 59.9 Å². The first-order valence-electron chi connectivity index (χ1n) is 11.7. The fourth-order valence-corrected chi connectivity index (χ4v) is 4.50. The highest BCUT2D eigenvalue weighted by molar-refractivity contribution is 5.90. The van der Waals surface area contributed by atoms with Crippen LogP contribution < -0.4 is 5.32 Å². The molecule has 4 rings (SSSR count). The molecule has 2 amide bonds. The number of nitrogens with zero attached hydrogens (tertiary/aromatic N) is 3. The normalized spacial score (nSPS) is 18.6. The molecule has 3 heterocycles. The minimum Gasteiger partial charge on any atom is -0.323 e. The van der Waals surface area contributed by atoms with Crippen molar-refractivity contribution in [3.63, 3.8) is 0 Å². The fourth-order valence-electron chi connectivity index (χ4n) is 4.50. The van der Waals surface area contributed by atoms with Crippen molar-refractivity contribution >= 4 is 11.7 Å². The molecule has 0 spiro atoms. The predicted octanol–water partition coefficient (Wildman–Crippen LogP) is 5.33. The number of hydrogen-bond acceptors (Lipinski definition) is 3. The van der Waals surface area contributed by atoms with Crippen LogP contribution in [0.15, 0.2) is 48.8 Å². The first-order chi connectivity index (χ1) is 14.9. The Kier molecular flexibility index (Phi) is 6.61. The molecular formula is C26H36N4O. The summed E-state index contributed by atoms with van der Waals surface area (Å²) >= 11 is 0. The number of aromatic nitrogens is 1. The zero-order valence-electron chi connectivity index (χ0n) is 19.2. The molecule has 2 fully saturated rings. The highest BCUT2D eigenvalue weighted by atomic mass is 16.2. The van der Waals surface area contributed by atoms with E-state index in [9.17, 15) is 4.79 Å². The van der Waals surface area contributed by atoms with Crippen LogP contribution in [0.5, 0.6) is 0 Å². The van der Waals surface area contributed by atoms with Gasteiger partial charge in [0, 0.05) is 37.1 Å². The van der Waals surface area contributed by atoms with E-state index in [-0.39, 0.29) is 6.03 Å². The maximum absolute atomic E-state index is 12.5. The third-order valence-electron chi connectivity index (χ3n) is 6.72. The summed E-state index contributed by atoms with van der Waals surface area (Å²) in [4.78, 5) is 21.2. The lowest BCUT2D eigenvalue weighted by atomic mass is 9.88. The van der Waals surface area contributed by atoms with Crippen LogP contribution in [0.2, 0.25) is 0 Å². The largest absolute Gasteiger partial charge is 0.323 e. The van der Waals surface area contributed by atoms with Gasteiger partial charge in [-0.15, -0.1) is 0 Å². The van der Waals surface area contributed by atoms with Gasteiger partial charge in [-0.25, -0.2) is 4.79 Å². The second-order valence-corrected chi connectivity index (χ2v) is 10.4. The molecule has 2 aromatic rings. The number of anilines is 1. The number of urea groups is 1. The quantitative estimate of drug-likeness (QED) is 0.711. The van der Waals surface area contributed by atoms with Gasteiger partial charge in [0.1, 0.15) is 0 Å². The van der Waals surface area contributed by atoms with Crippen molar-refractivity contribution in [2.45, 2.75) is 51.9 Å². The fraction of sp³-hybridized carbons (Fsp3) is 0.538. The van der Waals surface area contributed by atoms with E-state index in [1.165, 1.54) is 50.0 Å². The summed E-state index contributed by atoms with van der Waals surface area (Å²) in [6.07, 6.45) is 7.38. The Labute approximate surface area is 186 Å². The monoisotopic (exact) mass is 420 g/mol. The summed E-state index contributed by atoms with van der Waals surface area (Å²) in [5, 5.41) is 3.05. The van der Waals surface area contributed by atoms with E-state index in [0.29, 0.717) is 17.3 Å². The van der Waals surface area contributed by atoms with Gasteiger partial charge >= 0.3 is 6.03 Å². The molecule has 1 aromatic heterocycles. The van der Waals surface area contributed by atoms with E-state index in [0.717, 1.165) is 18.8 Å². The second kappa shape index (κ2) is 9.39. The Balaban J connectivity index is 1.22. The number of amides is 2. The molecule has 0 radical (unpaired) electrons. The van der Waals surface area contributed by atoms with E-state index >= 15 is 0 Å². The molecule has 0 saturated carbocycles. The molecule has 0 aliphatic carbocycles. The number of rotatable bonds is 5. The Bertz CT molecular complexity index is 845. The van der Waals surface area contributed by atoms with Crippen molar-refractivity contribution in [2.24, 2.45) is 5.41 Å². The number of carbonyl (C=O) groups is 1. The minimum atomic E-state index is -0.0138. The smallest absolute Gasteiger partial charge is 0.321 e. The summed E-state index contributed by atoms with van der Waals surface area (Å²) < 4.78 is 0.